The number of aliphatic hydroxyl groups is 1. The Kier molecular flexibility index (Phi) is 4.88. The van der Waals surface area contributed by atoms with Crippen molar-refractivity contribution in [2.24, 2.45) is 4.99 Å². The first-order valence-corrected chi connectivity index (χ1v) is 8.52. The molecule has 1 aromatic rings. The fourth-order valence-corrected chi connectivity index (χ4v) is 3.73. The maximum Gasteiger partial charge on any atom is 0.573 e. The van der Waals surface area contributed by atoms with Crippen molar-refractivity contribution in [3.05, 3.63) is 51.0 Å². The molecule has 2 heterocycles. The first-order valence-electron chi connectivity index (χ1n) is 7.70. The van der Waals surface area contributed by atoms with Crippen molar-refractivity contribution in [2.45, 2.75) is 26.1 Å². The zero-order chi connectivity index (χ0) is 20.8. The number of ketones is 1. The van der Waals surface area contributed by atoms with Crippen molar-refractivity contribution >= 4 is 28.8 Å². The maximum atomic E-state index is 14.1. The number of thiophene rings is 1. The summed E-state index contributed by atoms with van der Waals surface area (Å²) < 4.78 is 54.9. The molecule has 11 heteroatoms. The van der Waals surface area contributed by atoms with Gasteiger partial charge in [0.15, 0.2) is 10.8 Å². The minimum atomic E-state index is -4.95. The molecule has 2 N–H and O–H groups in total. The number of rotatable bonds is 5. The highest BCUT2D eigenvalue weighted by Crippen LogP contribution is 2.41. The number of halogens is 4. The number of aliphatic hydroxyl groups excluding tert-OH is 1. The number of carboxylic acid groups (broad SMARTS) is 1. The summed E-state index contributed by atoms with van der Waals surface area (Å²) in [6.45, 7) is 1.48. The van der Waals surface area contributed by atoms with Crippen molar-refractivity contribution in [3.63, 3.8) is 0 Å². The second-order valence-corrected chi connectivity index (χ2v) is 6.92. The van der Waals surface area contributed by atoms with Gasteiger partial charge in [-0.25, -0.2) is 4.39 Å². The van der Waals surface area contributed by atoms with Crippen LogP contribution in [-0.4, -0.2) is 34.0 Å². The average molecular weight is 417 g/mol. The van der Waals surface area contributed by atoms with Crippen LogP contribution < -0.4 is 4.74 Å². The predicted octanol–water partition coefficient (Wildman–Crippen LogP) is 4.47. The van der Waals surface area contributed by atoms with Crippen LogP contribution in [0.25, 0.3) is 0 Å². The van der Waals surface area contributed by atoms with Gasteiger partial charge < -0.3 is 14.9 Å². The van der Waals surface area contributed by atoms with Crippen LogP contribution in [0.3, 0.4) is 0 Å². The highest BCUT2D eigenvalue weighted by molar-refractivity contribution is 7.16. The van der Waals surface area contributed by atoms with Crippen LogP contribution in [0.15, 0.2) is 51.1 Å². The quantitative estimate of drug-likeness (QED) is 0.544. The number of ether oxygens (including phenoxy) is 1. The highest BCUT2D eigenvalue weighted by atomic mass is 32.1. The lowest BCUT2D eigenvalue weighted by Crippen LogP contribution is -2.20. The number of nitrogens with zero attached hydrogens (tertiary/aromatic N) is 1. The minimum absolute atomic E-state index is 0.00418. The molecule has 0 amide bonds. The number of hydrogen-bond acceptors (Lipinski definition) is 6. The van der Waals surface area contributed by atoms with Crippen LogP contribution in [0.5, 0.6) is 5.06 Å². The third-order valence-electron chi connectivity index (χ3n) is 3.97. The molecule has 0 unspecified atom stereocenters. The number of aliphatic carboxylic acids is 1. The zero-order valence-corrected chi connectivity index (χ0v) is 14.9. The lowest BCUT2D eigenvalue weighted by molar-refractivity contribution is -0.273. The second-order valence-electron chi connectivity index (χ2n) is 5.87. The van der Waals surface area contributed by atoms with Crippen molar-refractivity contribution < 1.29 is 42.1 Å². The van der Waals surface area contributed by atoms with Crippen molar-refractivity contribution in [2.75, 3.05) is 0 Å². The molecule has 28 heavy (non-hydrogen) atoms. The first kappa shape index (κ1) is 19.8. The Morgan fingerprint density at radius 3 is 2.61 bits per heavy atom. The van der Waals surface area contributed by atoms with E-state index in [2.05, 4.69) is 9.73 Å². The number of carboxylic acids is 1. The molecule has 0 saturated carbocycles. The largest absolute Gasteiger partial charge is 0.573 e. The Morgan fingerprint density at radius 1 is 1.32 bits per heavy atom. The summed E-state index contributed by atoms with van der Waals surface area (Å²) in [6.07, 6.45) is -5.90. The summed E-state index contributed by atoms with van der Waals surface area (Å²) in [4.78, 5) is 27.8. The lowest BCUT2D eigenvalue weighted by atomic mass is 9.85. The molecule has 0 spiro atoms. The molecule has 1 aliphatic heterocycles. The number of hydrogen-bond donors (Lipinski definition) is 2. The van der Waals surface area contributed by atoms with Crippen molar-refractivity contribution in [1.29, 1.82) is 0 Å². The van der Waals surface area contributed by atoms with Crippen LogP contribution >= 0.6 is 11.3 Å². The molecule has 6 nitrogen and oxygen atoms in total. The van der Waals surface area contributed by atoms with Gasteiger partial charge in [0.1, 0.15) is 5.83 Å². The Labute approximate surface area is 158 Å². The van der Waals surface area contributed by atoms with Gasteiger partial charge >= 0.3 is 12.3 Å². The van der Waals surface area contributed by atoms with Crippen molar-refractivity contribution in [1.82, 2.24) is 0 Å². The predicted molar refractivity (Wildman–Crippen MR) is 90.1 cm³/mol. The van der Waals surface area contributed by atoms with Crippen LogP contribution in [0.4, 0.5) is 17.6 Å². The fraction of sp³-hybridized carbons (Fsp3) is 0.235. The molecule has 0 atom stereocenters. The SMILES string of the molecule is CC1=C(CC(=O)O)C2=C(C(=O)c3ccc(OC(F)(F)F)s3)C(O)=C(F)CC2=N1. The van der Waals surface area contributed by atoms with Crippen LogP contribution in [0.2, 0.25) is 0 Å². The van der Waals surface area contributed by atoms with Gasteiger partial charge in [-0.2, -0.15) is 0 Å². The number of fused-ring (bicyclic) bond motifs is 1. The van der Waals surface area contributed by atoms with Gasteiger partial charge in [0.2, 0.25) is 5.78 Å². The molecule has 0 aromatic carbocycles. The summed E-state index contributed by atoms with van der Waals surface area (Å²) in [5, 5.41) is 18.6. The number of aliphatic imine (C=N–C) groups is 1. The van der Waals surface area contributed by atoms with E-state index in [4.69, 9.17) is 5.11 Å². The first-order chi connectivity index (χ1) is 13.0. The van der Waals surface area contributed by atoms with E-state index in [1.54, 1.807) is 0 Å². The van der Waals surface area contributed by atoms with Gasteiger partial charge in [-0.05, 0) is 24.6 Å². The van der Waals surface area contributed by atoms with E-state index in [-0.39, 0.29) is 27.4 Å². The van der Waals surface area contributed by atoms with E-state index >= 15 is 0 Å². The molecule has 0 fully saturated rings. The van der Waals surface area contributed by atoms with Crippen LogP contribution in [-0.2, 0) is 4.79 Å². The zero-order valence-electron chi connectivity index (χ0n) is 14.1. The number of alkyl halides is 3. The number of carbonyl (C=O) groups is 2. The van der Waals surface area contributed by atoms with Gasteiger partial charge in [0, 0.05) is 17.7 Å². The normalized spacial score (nSPS) is 17.1. The van der Waals surface area contributed by atoms with E-state index in [0.29, 0.717) is 11.3 Å². The third kappa shape index (κ3) is 3.70. The lowest BCUT2D eigenvalue weighted by Gasteiger charge is -2.19. The summed E-state index contributed by atoms with van der Waals surface area (Å²) in [5.74, 6) is -4.21. The topological polar surface area (TPSA) is 96.2 Å². The highest BCUT2D eigenvalue weighted by Gasteiger charge is 2.38. The Morgan fingerprint density at radius 2 is 2.00 bits per heavy atom. The third-order valence-corrected chi connectivity index (χ3v) is 4.93. The fourth-order valence-electron chi connectivity index (χ4n) is 2.91. The molecule has 1 aromatic heterocycles. The Bertz CT molecular complexity index is 1010. The van der Waals surface area contributed by atoms with Gasteiger partial charge in [0.05, 0.1) is 22.6 Å². The number of Topliss-reactive ketones (excluding diaryl/α,β-unsaturated/α-hetero) is 1. The van der Waals surface area contributed by atoms with Gasteiger partial charge in [-0.3, -0.25) is 14.6 Å². The summed E-state index contributed by atoms with van der Waals surface area (Å²) in [7, 11) is 0. The van der Waals surface area contributed by atoms with Gasteiger partial charge in [-0.15, -0.1) is 13.2 Å². The molecular formula is C17H11F4NO5S. The Balaban J connectivity index is 2.08. The molecular weight excluding hydrogens is 406 g/mol. The monoisotopic (exact) mass is 417 g/mol. The molecule has 1 aliphatic carbocycles. The molecule has 0 radical (unpaired) electrons. The summed E-state index contributed by atoms with van der Waals surface area (Å²) >= 11 is 0.361. The van der Waals surface area contributed by atoms with E-state index in [1.807, 2.05) is 0 Å². The minimum Gasteiger partial charge on any atom is -0.505 e. The second kappa shape index (κ2) is 6.89. The number of allylic oxidation sites excluding steroid dienone is 4. The summed E-state index contributed by atoms with van der Waals surface area (Å²) in [6, 6.07) is 1.96. The van der Waals surface area contributed by atoms with E-state index in [1.165, 1.54) is 6.92 Å². The van der Waals surface area contributed by atoms with Crippen LogP contribution in [0, 0.1) is 0 Å². The molecule has 0 saturated heterocycles. The molecule has 0 bridgehead atoms. The van der Waals surface area contributed by atoms with Crippen molar-refractivity contribution in [3.8, 4) is 5.06 Å². The maximum absolute atomic E-state index is 14.1. The summed E-state index contributed by atoms with van der Waals surface area (Å²) in [5.41, 5.74) is -0.0667. The smallest absolute Gasteiger partial charge is 0.505 e. The average Bonchev–Trinajstić information content (AvgIpc) is 3.12. The Hall–Kier alpha value is -2.95. The van der Waals surface area contributed by atoms with Gasteiger partial charge in [0.25, 0.3) is 0 Å². The molecule has 148 valence electrons. The van der Waals surface area contributed by atoms with E-state index < -0.39 is 53.2 Å². The number of carbonyl (C=O) groups excluding carboxylic acids is 1. The molecule has 3 rings (SSSR count). The van der Waals surface area contributed by atoms with E-state index in [9.17, 15) is 32.3 Å². The van der Waals surface area contributed by atoms with Gasteiger partial charge in [-0.1, -0.05) is 11.3 Å². The standard InChI is InChI=1S/C17H11F4NO5S/c1-6-7(4-11(23)24)13-9(22-6)5-8(18)15(25)14(13)16(26)10-2-3-12(28-10)27-17(19,20)21/h2-3,25H,4-5H2,1H3,(H,23,24). The van der Waals surface area contributed by atoms with E-state index in [0.717, 1.165) is 12.1 Å². The van der Waals surface area contributed by atoms with Crippen LogP contribution in [0.1, 0.15) is 29.4 Å². The molecule has 2 aliphatic rings.